The molecule has 0 radical (unpaired) electrons. The van der Waals surface area contributed by atoms with Crippen LogP contribution in [0.5, 0.6) is 0 Å². The monoisotopic (exact) mass is 399 g/mol. The SMILES string of the molecule is C/C=C/C.C=C(C)/C=C/C(=C)/C=C(/C)C(=CC)CC.C=CC(/C=C\C)NC.CC. The van der Waals surface area contributed by atoms with Gasteiger partial charge in [0.05, 0.1) is 0 Å². The Hall–Kier alpha value is -2.12. The quantitative estimate of drug-likeness (QED) is 0.317. The molecule has 1 atom stereocenters. The highest BCUT2D eigenvalue weighted by Gasteiger charge is 1.95. The molecule has 0 rings (SSSR count). The number of allylic oxidation sites excluding steroid dienone is 11. The van der Waals surface area contributed by atoms with Gasteiger partial charge >= 0.3 is 0 Å². The van der Waals surface area contributed by atoms with E-state index < -0.39 is 0 Å². The van der Waals surface area contributed by atoms with E-state index in [1.54, 1.807) is 0 Å². The summed E-state index contributed by atoms with van der Waals surface area (Å²) in [7, 11) is 1.91. The lowest BCUT2D eigenvalue weighted by Crippen LogP contribution is -2.18. The second-order valence-corrected chi connectivity index (χ2v) is 5.99. The lowest BCUT2D eigenvalue weighted by Gasteiger charge is -2.04. The third-order valence-electron chi connectivity index (χ3n) is 3.54. The van der Waals surface area contributed by atoms with Gasteiger partial charge in [-0.05, 0) is 71.7 Å². The first-order chi connectivity index (χ1) is 13.8. The van der Waals surface area contributed by atoms with Crippen LogP contribution in [-0.4, -0.2) is 13.1 Å². The molecule has 0 heterocycles. The molecule has 0 amide bonds. The molecule has 1 unspecified atom stereocenters. The van der Waals surface area contributed by atoms with Gasteiger partial charge in [-0.15, -0.1) is 6.58 Å². The van der Waals surface area contributed by atoms with Gasteiger partial charge < -0.3 is 5.32 Å². The molecule has 0 aromatic carbocycles. The van der Waals surface area contributed by atoms with Gasteiger partial charge in [-0.2, -0.15) is 0 Å². The van der Waals surface area contributed by atoms with Crippen molar-refractivity contribution < 1.29 is 0 Å². The maximum atomic E-state index is 3.99. The van der Waals surface area contributed by atoms with E-state index in [9.17, 15) is 0 Å². The molecule has 29 heavy (non-hydrogen) atoms. The van der Waals surface area contributed by atoms with Crippen LogP contribution in [0.4, 0.5) is 0 Å². The molecule has 166 valence electrons. The smallest absolute Gasteiger partial charge is 0.0430 e. The average Bonchev–Trinajstić information content (AvgIpc) is 2.73. The Morgan fingerprint density at radius 2 is 1.45 bits per heavy atom. The molecule has 0 aromatic heterocycles. The third-order valence-corrected chi connectivity index (χ3v) is 3.54. The van der Waals surface area contributed by atoms with Crippen molar-refractivity contribution in [1.29, 1.82) is 0 Å². The summed E-state index contributed by atoms with van der Waals surface area (Å²) in [4.78, 5) is 0. The summed E-state index contributed by atoms with van der Waals surface area (Å²) in [6.45, 7) is 29.8. The number of hydrogen-bond acceptors (Lipinski definition) is 1. The molecule has 0 spiro atoms. The number of rotatable bonds is 8. The van der Waals surface area contributed by atoms with Crippen LogP contribution >= 0.6 is 0 Å². The fraction of sp³-hybridized carbons (Fsp3) is 0.429. The molecule has 0 saturated heterocycles. The lowest BCUT2D eigenvalue weighted by molar-refractivity contribution is 0.791. The molecule has 1 N–H and O–H groups in total. The van der Waals surface area contributed by atoms with E-state index in [4.69, 9.17) is 0 Å². The van der Waals surface area contributed by atoms with E-state index in [0.717, 1.165) is 17.6 Å². The van der Waals surface area contributed by atoms with Gasteiger partial charge in [0.25, 0.3) is 0 Å². The summed E-state index contributed by atoms with van der Waals surface area (Å²) in [5, 5.41) is 3.05. The normalized spacial score (nSPS) is 12.3. The summed E-state index contributed by atoms with van der Waals surface area (Å²) >= 11 is 0. The van der Waals surface area contributed by atoms with E-state index in [1.807, 2.05) is 91.1 Å². The zero-order valence-electron chi connectivity index (χ0n) is 21.1. The van der Waals surface area contributed by atoms with Crippen LogP contribution in [-0.2, 0) is 0 Å². The predicted molar refractivity (Wildman–Crippen MR) is 141 cm³/mol. The first-order valence-corrected chi connectivity index (χ1v) is 10.6. The van der Waals surface area contributed by atoms with E-state index in [-0.39, 0.29) is 0 Å². The van der Waals surface area contributed by atoms with Gasteiger partial charge in [-0.3, -0.25) is 0 Å². The third kappa shape index (κ3) is 28.2. The molecule has 0 saturated carbocycles. The topological polar surface area (TPSA) is 12.0 Å². The van der Waals surface area contributed by atoms with Gasteiger partial charge in [0.1, 0.15) is 0 Å². The summed E-state index contributed by atoms with van der Waals surface area (Å²) in [5.74, 6) is 0. The van der Waals surface area contributed by atoms with Gasteiger partial charge in [-0.25, -0.2) is 0 Å². The first-order valence-electron chi connectivity index (χ1n) is 10.6. The fourth-order valence-corrected chi connectivity index (χ4v) is 1.88. The van der Waals surface area contributed by atoms with Gasteiger partial charge in [0, 0.05) is 6.04 Å². The molecular weight excluding hydrogens is 350 g/mol. The molecule has 1 heteroatoms. The zero-order chi connectivity index (χ0) is 23.7. The highest BCUT2D eigenvalue weighted by Crippen LogP contribution is 2.15. The standard InChI is InChI=1S/C15H22.C7H13N.C4H8.C2H6/c1-7-15(8-2)14(6)11-13(5)10-9-12(3)4;1-4-6-7(5-2)8-3;1-3-4-2;1-2/h7,9-11H,3,5,8H2,1-2,4,6H3;4-8H,2H2,1,3H3;3-4H,1-2H3;1-2H3/b10-9+,14-11-,15-7?;6-4-;4-3+;. The Balaban J connectivity index is -0.000000186. The van der Waals surface area contributed by atoms with Crippen molar-refractivity contribution in [3.8, 4) is 0 Å². The Bertz CT molecular complexity index is 547. The van der Waals surface area contributed by atoms with Gasteiger partial charge in [-0.1, -0.05) is 94.2 Å². The van der Waals surface area contributed by atoms with Crippen LogP contribution < -0.4 is 5.32 Å². The lowest BCUT2D eigenvalue weighted by atomic mass is 10.0. The van der Waals surface area contributed by atoms with Crippen molar-refractivity contribution in [3.63, 3.8) is 0 Å². The minimum absolute atomic E-state index is 0.333. The van der Waals surface area contributed by atoms with E-state index >= 15 is 0 Å². The summed E-state index contributed by atoms with van der Waals surface area (Å²) in [6.07, 6.45) is 19.2. The number of nitrogens with one attached hydrogen (secondary N) is 1. The largest absolute Gasteiger partial charge is 0.310 e. The Morgan fingerprint density at radius 3 is 1.69 bits per heavy atom. The van der Waals surface area contributed by atoms with Gasteiger partial charge in [0.15, 0.2) is 0 Å². The molecule has 0 aliphatic rings. The number of likely N-dealkylation sites (N-methyl/N-ethyl adjacent to an activating group) is 1. The van der Waals surface area contributed by atoms with Crippen LogP contribution in [0.15, 0.2) is 96.7 Å². The summed E-state index contributed by atoms with van der Waals surface area (Å²) < 4.78 is 0. The van der Waals surface area contributed by atoms with Crippen molar-refractivity contribution in [1.82, 2.24) is 5.32 Å². The van der Waals surface area contributed by atoms with Crippen molar-refractivity contribution in [2.45, 2.75) is 74.8 Å². The van der Waals surface area contributed by atoms with Crippen molar-refractivity contribution in [2.75, 3.05) is 7.05 Å². The molecule has 0 bridgehead atoms. The second kappa shape index (κ2) is 28.1. The number of hydrogen-bond donors (Lipinski definition) is 1. The maximum Gasteiger partial charge on any atom is 0.0430 e. The molecule has 0 aromatic rings. The van der Waals surface area contributed by atoms with Gasteiger partial charge in [0.2, 0.25) is 0 Å². The molecule has 0 fully saturated rings. The molecule has 0 aliphatic carbocycles. The molecular formula is C28H49N. The molecule has 0 aliphatic heterocycles. The molecule has 1 nitrogen and oxygen atoms in total. The Morgan fingerprint density at radius 1 is 0.931 bits per heavy atom. The predicted octanol–water partition coefficient (Wildman–Crippen LogP) is 8.92. The summed E-state index contributed by atoms with van der Waals surface area (Å²) in [5.41, 5.74) is 4.73. The van der Waals surface area contributed by atoms with Crippen LogP contribution in [0.1, 0.15) is 68.7 Å². The Kier molecular flexibility index (Phi) is 33.3. The van der Waals surface area contributed by atoms with E-state index in [1.165, 1.54) is 11.1 Å². The maximum absolute atomic E-state index is 3.99. The van der Waals surface area contributed by atoms with Crippen LogP contribution in [0, 0.1) is 0 Å². The van der Waals surface area contributed by atoms with Crippen LogP contribution in [0.2, 0.25) is 0 Å². The summed E-state index contributed by atoms with van der Waals surface area (Å²) in [6, 6.07) is 0.333. The van der Waals surface area contributed by atoms with Crippen molar-refractivity contribution >= 4 is 0 Å². The highest BCUT2D eigenvalue weighted by molar-refractivity contribution is 5.39. The Labute approximate surface area is 184 Å². The zero-order valence-corrected chi connectivity index (χ0v) is 21.1. The van der Waals surface area contributed by atoms with Crippen molar-refractivity contribution in [3.05, 3.63) is 96.7 Å². The van der Waals surface area contributed by atoms with Crippen LogP contribution in [0.3, 0.4) is 0 Å². The highest BCUT2D eigenvalue weighted by atomic mass is 14.8. The van der Waals surface area contributed by atoms with E-state index in [0.29, 0.717) is 6.04 Å². The van der Waals surface area contributed by atoms with Crippen molar-refractivity contribution in [2.24, 2.45) is 0 Å². The van der Waals surface area contributed by atoms with Crippen LogP contribution in [0.25, 0.3) is 0 Å². The fourth-order valence-electron chi connectivity index (χ4n) is 1.88. The second-order valence-electron chi connectivity index (χ2n) is 5.99. The minimum atomic E-state index is 0.333. The van der Waals surface area contributed by atoms with E-state index in [2.05, 4.69) is 58.0 Å². The average molecular weight is 400 g/mol. The first kappa shape index (κ1) is 34.4. The minimum Gasteiger partial charge on any atom is -0.310 e.